The SMILES string of the molecule is C=CCNC(=O)c1coc(C(N)C(C)C)n1. The summed E-state index contributed by atoms with van der Waals surface area (Å²) in [6.07, 6.45) is 2.91. The molecule has 1 aromatic rings. The van der Waals surface area contributed by atoms with E-state index in [0.717, 1.165) is 0 Å². The van der Waals surface area contributed by atoms with Gasteiger partial charge < -0.3 is 15.5 Å². The lowest BCUT2D eigenvalue weighted by Gasteiger charge is -2.10. The molecule has 1 amide bonds. The highest BCUT2D eigenvalue weighted by Gasteiger charge is 2.18. The van der Waals surface area contributed by atoms with Crippen LogP contribution in [0.1, 0.15) is 36.3 Å². The number of carbonyl (C=O) groups is 1. The van der Waals surface area contributed by atoms with Gasteiger partial charge in [0.2, 0.25) is 5.89 Å². The first-order valence-corrected chi connectivity index (χ1v) is 5.16. The maximum atomic E-state index is 11.5. The fourth-order valence-electron chi connectivity index (χ4n) is 1.09. The van der Waals surface area contributed by atoms with E-state index < -0.39 is 0 Å². The quantitative estimate of drug-likeness (QED) is 0.736. The summed E-state index contributed by atoms with van der Waals surface area (Å²) < 4.78 is 5.17. The van der Waals surface area contributed by atoms with E-state index in [1.807, 2.05) is 13.8 Å². The molecule has 0 aromatic carbocycles. The molecule has 0 aliphatic heterocycles. The first-order valence-electron chi connectivity index (χ1n) is 5.16. The molecule has 0 saturated carbocycles. The molecule has 0 saturated heterocycles. The van der Waals surface area contributed by atoms with Crippen molar-refractivity contribution in [3.8, 4) is 0 Å². The second kappa shape index (κ2) is 5.46. The Morgan fingerprint density at radius 1 is 1.75 bits per heavy atom. The van der Waals surface area contributed by atoms with E-state index in [-0.39, 0.29) is 23.6 Å². The van der Waals surface area contributed by atoms with Crippen LogP contribution in [0.25, 0.3) is 0 Å². The number of nitrogens with two attached hydrogens (primary N) is 1. The molecule has 0 aliphatic rings. The summed E-state index contributed by atoms with van der Waals surface area (Å²) in [5, 5.41) is 2.61. The minimum absolute atomic E-state index is 0.211. The van der Waals surface area contributed by atoms with Gasteiger partial charge in [-0.2, -0.15) is 0 Å². The Labute approximate surface area is 94.7 Å². The molecule has 1 aromatic heterocycles. The van der Waals surface area contributed by atoms with Crippen LogP contribution in [0.5, 0.6) is 0 Å². The zero-order valence-electron chi connectivity index (χ0n) is 9.56. The third-order valence-electron chi connectivity index (χ3n) is 2.16. The molecule has 0 spiro atoms. The molecule has 0 bridgehead atoms. The second-order valence-electron chi connectivity index (χ2n) is 3.84. The van der Waals surface area contributed by atoms with Gasteiger partial charge in [-0.05, 0) is 5.92 Å². The van der Waals surface area contributed by atoms with E-state index in [9.17, 15) is 4.79 Å². The summed E-state index contributed by atoms with van der Waals surface area (Å²) in [7, 11) is 0. The molecule has 1 heterocycles. The largest absolute Gasteiger partial charge is 0.446 e. The maximum absolute atomic E-state index is 11.5. The average Bonchev–Trinajstić information content (AvgIpc) is 2.73. The topological polar surface area (TPSA) is 81.2 Å². The van der Waals surface area contributed by atoms with E-state index in [4.69, 9.17) is 10.2 Å². The molecule has 1 atom stereocenters. The normalized spacial score (nSPS) is 12.5. The third-order valence-corrected chi connectivity index (χ3v) is 2.16. The maximum Gasteiger partial charge on any atom is 0.273 e. The van der Waals surface area contributed by atoms with Crippen LogP contribution in [-0.4, -0.2) is 17.4 Å². The van der Waals surface area contributed by atoms with Crippen molar-refractivity contribution in [2.45, 2.75) is 19.9 Å². The number of nitrogens with zero attached hydrogens (tertiary/aromatic N) is 1. The number of hydrogen-bond donors (Lipinski definition) is 2. The molecule has 0 radical (unpaired) electrons. The van der Waals surface area contributed by atoms with E-state index >= 15 is 0 Å². The summed E-state index contributed by atoms with van der Waals surface area (Å²) in [5.41, 5.74) is 6.09. The second-order valence-corrected chi connectivity index (χ2v) is 3.84. The van der Waals surface area contributed by atoms with Crippen molar-refractivity contribution in [1.82, 2.24) is 10.3 Å². The highest BCUT2D eigenvalue weighted by Crippen LogP contribution is 2.17. The van der Waals surface area contributed by atoms with Gasteiger partial charge in [0.1, 0.15) is 6.26 Å². The molecule has 0 aliphatic carbocycles. The molecule has 88 valence electrons. The monoisotopic (exact) mass is 223 g/mol. The number of hydrogen-bond acceptors (Lipinski definition) is 4. The van der Waals surface area contributed by atoms with Gasteiger partial charge in [0.15, 0.2) is 5.69 Å². The predicted molar refractivity (Wildman–Crippen MR) is 60.8 cm³/mol. The van der Waals surface area contributed by atoms with Crippen LogP contribution in [0.3, 0.4) is 0 Å². The predicted octanol–water partition coefficient (Wildman–Crippen LogP) is 1.25. The van der Waals surface area contributed by atoms with Gasteiger partial charge in [-0.1, -0.05) is 19.9 Å². The fourth-order valence-corrected chi connectivity index (χ4v) is 1.09. The lowest BCUT2D eigenvalue weighted by Crippen LogP contribution is -2.24. The Morgan fingerprint density at radius 3 is 3.00 bits per heavy atom. The van der Waals surface area contributed by atoms with Gasteiger partial charge in [-0.25, -0.2) is 4.98 Å². The van der Waals surface area contributed by atoms with Crippen LogP contribution < -0.4 is 11.1 Å². The van der Waals surface area contributed by atoms with Crippen LogP contribution in [0, 0.1) is 5.92 Å². The van der Waals surface area contributed by atoms with Gasteiger partial charge in [-0.3, -0.25) is 4.79 Å². The van der Waals surface area contributed by atoms with E-state index in [1.54, 1.807) is 6.08 Å². The Bertz CT molecular complexity index is 371. The van der Waals surface area contributed by atoms with Gasteiger partial charge in [-0.15, -0.1) is 6.58 Å². The van der Waals surface area contributed by atoms with Crippen LogP contribution in [0.15, 0.2) is 23.3 Å². The van der Waals surface area contributed by atoms with Crippen LogP contribution in [0.4, 0.5) is 0 Å². The molecular formula is C11H17N3O2. The molecule has 1 rings (SSSR count). The first kappa shape index (κ1) is 12.4. The molecule has 5 nitrogen and oxygen atoms in total. The average molecular weight is 223 g/mol. The van der Waals surface area contributed by atoms with Gasteiger partial charge >= 0.3 is 0 Å². The number of rotatable bonds is 5. The van der Waals surface area contributed by atoms with Crippen molar-refractivity contribution in [3.63, 3.8) is 0 Å². The number of amides is 1. The smallest absolute Gasteiger partial charge is 0.273 e. The van der Waals surface area contributed by atoms with Crippen molar-refractivity contribution in [2.24, 2.45) is 11.7 Å². The van der Waals surface area contributed by atoms with E-state index in [2.05, 4.69) is 16.9 Å². The summed E-state index contributed by atoms with van der Waals surface area (Å²) >= 11 is 0. The molecule has 16 heavy (non-hydrogen) atoms. The summed E-state index contributed by atoms with van der Waals surface area (Å²) in [6.45, 7) is 7.83. The molecule has 1 unspecified atom stereocenters. The van der Waals surface area contributed by atoms with Crippen LogP contribution in [-0.2, 0) is 0 Å². The number of nitrogens with one attached hydrogen (secondary N) is 1. The minimum Gasteiger partial charge on any atom is -0.446 e. The number of aromatic nitrogens is 1. The zero-order valence-corrected chi connectivity index (χ0v) is 9.56. The Hall–Kier alpha value is -1.62. The standard InChI is InChI=1S/C11H17N3O2/c1-4-5-13-10(15)8-6-16-11(14-8)9(12)7(2)3/h4,6-7,9H,1,5,12H2,2-3H3,(H,13,15). The molecule has 0 fully saturated rings. The summed E-state index contributed by atoms with van der Waals surface area (Å²) in [4.78, 5) is 15.5. The Kier molecular flexibility index (Phi) is 4.25. The van der Waals surface area contributed by atoms with Crippen LogP contribution >= 0.6 is 0 Å². The number of carbonyl (C=O) groups excluding carboxylic acids is 1. The van der Waals surface area contributed by atoms with E-state index in [1.165, 1.54) is 6.26 Å². The van der Waals surface area contributed by atoms with E-state index in [0.29, 0.717) is 12.4 Å². The summed E-state index contributed by atoms with van der Waals surface area (Å²) in [5.74, 6) is 0.312. The van der Waals surface area contributed by atoms with Gasteiger partial charge in [0.05, 0.1) is 6.04 Å². The fraction of sp³-hybridized carbons (Fsp3) is 0.455. The summed E-state index contributed by atoms with van der Waals surface area (Å²) in [6, 6.07) is -0.291. The Morgan fingerprint density at radius 2 is 2.44 bits per heavy atom. The molecule has 5 heteroatoms. The molecular weight excluding hydrogens is 206 g/mol. The van der Waals surface area contributed by atoms with Gasteiger partial charge in [0.25, 0.3) is 5.91 Å². The van der Waals surface area contributed by atoms with Crippen molar-refractivity contribution in [3.05, 3.63) is 30.5 Å². The van der Waals surface area contributed by atoms with Crippen molar-refractivity contribution >= 4 is 5.91 Å². The zero-order chi connectivity index (χ0) is 12.1. The van der Waals surface area contributed by atoms with Crippen molar-refractivity contribution in [1.29, 1.82) is 0 Å². The minimum atomic E-state index is -0.291. The molecule has 3 N–H and O–H groups in total. The van der Waals surface area contributed by atoms with Crippen molar-refractivity contribution < 1.29 is 9.21 Å². The van der Waals surface area contributed by atoms with Crippen molar-refractivity contribution in [2.75, 3.05) is 6.54 Å². The Balaban J connectivity index is 2.70. The van der Waals surface area contributed by atoms with Crippen LogP contribution in [0.2, 0.25) is 0 Å². The lowest BCUT2D eigenvalue weighted by atomic mass is 10.1. The highest BCUT2D eigenvalue weighted by atomic mass is 16.3. The lowest BCUT2D eigenvalue weighted by molar-refractivity contribution is 0.0953. The first-order chi connectivity index (χ1) is 7.56. The number of oxazole rings is 1. The van der Waals surface area contributed by atoms with Gasteiger partial charge in [0, 0.05) is 6.54 Å². The highest BCUT2D eigenvalue weighted by molar-refractivity contribution is 5.91. The third kappa shape index (κ3) is 2.93.